The number of anilines is 1. The highest BCUT2D eigenvalue weighted by Crippen LogP contribution is 2.63. The van der Waals surface area contributed by atoms with Crippen molar-refractivity contribution in [3.05, 3.63) is 49.6 Å². The first-order chi connectivity index (χ1) is 19.7. The molecule has 4 rings (SSSR count). The lowest BCUT2D eigenvalue weighted by molar-refractivity contribution is -0.149. The molecule has 3 aliphatic heterocycles. The first-order valence-corrected chi connectivity index (χ1v) is 14.8. The lowest BCUT2D eigenvalue weighted by Crippen LogP contribution is -2.56. The van der Waals surface area contributed by atoms with E-state index in [1.807, 2.05) is 26.0 Å². The summed E-state index contributed by atoms with van der Waals surface area (Å²) in [5.74, 6) is -1.31. The van der Waals surface area contributed by atoms with Gasteiger partial charge in [-0.15, -0.1) is 13.2 Å². The number of fused-ring (bicyclic) bond motifs is 1. The molecule has 1 spiro atoms. The number of unbranched alkanes of at least 4 members (excludes halogenated alkanes) is 2. The number of methoxy groups -OCH3 is 1. The number of aliphatic hydroxyl groups is 1. The van der Waals surface area contributed by atoms with Crippen molar-refractivity contribution in [1.29, 1.82) is 0 Å². The van der Waals surface area contributed by atoms with Gasteiger partial charge in [0.25, 0.3) is 5.91 Å². The Morgan fingerprint density at radius 1 is 1.12 bits per heavy atom. The highest BCUT2D eigenvalue weighted by Gasteiger charge is 2.78. The largest absolute Gasteiger partial charge is 0.497 e. The van der Waals surface area contributed by atoms with Crippen LogP contribution in [-0.2, 0) is 19.1 Å². The number of likely N-dealkylation sites (tertiary alicyclic amines) is 1. The quantitative estimate of drug-likeness (QED) is 0.257. The maximum absolute atomic E-state index is 14.6. The Hall–Kier alpha value is -3.17. The second kappa shape index (κ2) is 12.8. The van der Waals surface area contributed by atoms with Crippen molar-refractivity contribution in [2.24, 2.45) is 11.8 Å². The average molecular weight is 568 g/mol. The van der Waals surface area contributed by atoms with Crippen molar-refractivity contribution in [2.75, 3.05) is 44.8 Å². The highest BCUT2D eigenvalue weighted by molar-refractivity contribution is 6.05. The third kappa shape index (κ3) is 5.42. The Morgan fingerprint density at radius 2 is 1.83 bits per heavy atom. The number of hydrogen-bond acceptors (Lipinski definition) is 6. The van der Waals surface area contributed by atoms with E-state index < -0.39 is 29.1 Å². The number of amides is 3. The molecule has 3 heterocycles. The van der Waals surface area contributed by atoms with Crippen LogP contribution in [0.15, 0.2) is 49.6 Å². The summed E-state index contributed by atoms with van der Waals surface area (Å²) in [4.78, 5) is 48.1. The van der Waals surface area contributed by atoms with E-state index in [-0.39, 0.29) is 30.9 Å². The van der Waals surface area contributed by atoms with E-state index in [1.54, 1.807) is 46.1 Å². The van der Waals surface area contributed by atoms with Crippen LogP contribution in [0.2, 0.25) is 0 Å². The van der Waals surface area contributed by atoms with Crippen molar-refractivity contribution >= 4 is 23.4 Å². The monoisotopic (exact) mass is 567 g/mol. The number of benzene rings is 1. The number of carbonyl (C=O) groups is 3. The summed E-state index contributed by atoms with van der Waals surface area (Å²) in [6.45, 7) is 13.3. The molecular weight excluding hydrogens is 522 g/mol. The summed E-state index contributed by atoms with van der Waals surface area (Å²) >= 11 is 0. The molecule has 3 fully saturated rings. The highest BCUT2D eigenvalue weighted by atomic mass is 16.5. The lowest BCUT2D eigenvalue weighted by Gasteiger charge is -2.37. The summed E-state index contributed by atoms with van der Waals surface area (Å²) in [6, 6.07) is 6.34. The Morgan fingerprint density at radius 3 is 2.44 bits per heavy atom. The van der Waals surface area contributed by atoms with Crippen LogP contribution in [-0.4, -0.2) is 89.8 Å². The van der Waals surface area contributed by atoms with Crippen LogP contribution in [0.25, 0.3) is 0 Å². The summed E-state index contributed by atoms with van der Waals surface area (Å²) in [5.41, 5.74) is -1.28. The van der Waals surface area contributed by atoms with Crippen LogP contribution >= 0.6 is 0 Å². The number of hydrogen-bond donors (Lipinski definition) is 1. The standard InChI is InChI=1S/C32H45N3O6/c1-6-18-33(19-7-2)28(37)25-26-29(38)35(21-10-9-11-22-36)27(32(26)17-16-31(25,4)41-32)30(39)34(20-8-3)23-12-14-24(40-5)15-13-23/h6,8,12-15,25-27,36H,1,3,7,9-11,16-22H2,2,4-5H3/t25-,26+,27?,31+,32?/m1/s1. The number of nitrogens with zero attached hydrogens (tertiary/aromatic N) is 3. The molecule has 9 nitrogen and oxygen atoms in total. The van der Waals surface area contributed by atoms with Crippen LogP contribution in [0.4, 0.5) is 5.69 Å². The zero-order valence-corrected chi connectivity index (χ0v) is 24.7. The van der Waals surface area contributed by atoms with E-state index in [9.17, 15) is 19.5 Å². The van der Waals surface area contributed by atoms with Gasteiger partial charge >= 0.3 is 0 Å². The SMILES string of the molecule is C=CCN(CCC)C(=O)[C@H]1[C@H]2C(=O)N(CCCCCO)C(C(=O)N(CC=C)c3ccc(OC)cc3)C23CC[C@]1(C)O3. The Labute approximate surface area is 243 Å². The lowest BCUT2D eigenvalue weighted by atomic mass is 9.66. The number of aliphatic hydroxyl groups excluding tert-OH is 1. The van der Waals surface area contributed by atoms with Crippen molar-refractivity contribution in [3.63, 3.8) is 0 Å². The van der Waals surface area contributed by atoms with E-state index >= 15 is 0 Å². The van der Waals surface area contributed by atoms with Gasteiger partial charge in [-0.05, 0) is 69.7 Å². The van der Waals surface area contributed by atoms with Gasteiger partial charge < -0.3 is 29.3 Å². The normalized spacial score (nSPS) is 28.0. The number of carbonyl (C=O) groups excluding carboxylic acids is 3. The molecule has 224 valence electrons. The van der Waals surface area contributed by atoms with E-state index in [4.69, 9.17) is 9.47 Å². The minimum absolute atomic E-state index is 0.0715. The summed E-state index contributed by atoms with van der Waals surface area (Å²) in [6.07, 6.45) is 7.24. The van der Waals surface area contributed by atoms with E-state index in [1.165, 1.54) is 0 Å². The van der Waals surface area contributed by atoms with E-state index in [2.05, 4.69) is 13.2 Å². The Balaban J connectivity index is 1.76. The molecule has 0 saturated carbocycles. The smallest absolute Gasteiger partial charge is 0.253 e. The van der Waals surface area contributed by atoms with Gasteiger partial charge in [0.1, 0.15) is 17.4 Å². The molecular formula is C32H45N3O6. The third-order valence-electron chi connectivity index (χ3n) is 8.95. The fourth-order valence-corrected chi connectivity index (χ4v) is 7.17. The van der Waals surface area contributed by atoms with Crippen molar-refractivity contribution < 1.29 is 29.0 Å². The van der Waals surface area contributed by atoms with Gasteiger partial charge in [0, 0.05) is 38.5 Å². The van der Waals surface area contributed by atoms with Gasteiger partial charge in [-0.1, -0.05) is 19.1 Å². The molecule has 1 N–H and O–H groups in total. The van der Waals surface area contributed by atoms with Gasteiger partial charge in [-0.3, -0.25) is 14.4 Å². The summed E-state index contributed by atoms with van der Waals surface area (Å²) in [5, 5.41) is 9.30. The molecule has 0 aromatic heterocycles. The van der Waals surface area contributed by atoms with Crippen LogP contribution in [0.1, 0.15) is 52.4 Å². The van der Waals surface area contributed by atoms with E-state index in [0.29, 0.717) is 56.8 Å². The zero-order valence-electron chi connectivity index (χ0n) is 24.7. The van der Waals surface area contributed by atoms with Crippen molar-refractivity contribution in [1.82, 2.24) is 9.80 Å². The first-order valence-electron chi connectivity index (χ1n) is 14.8. The molecule has 1 aromatic rings. The average Bonchev–Trinajstić information content (AvgIpc) is 3.54. The summed E-state index contributed by atoms with van der Waals surface area (Å²) in [7, 11) is 1.59. The fourth-order valence-electron chi connectivity index (χ4n) is 7.17. The zero-order chi connectivity index (χ0) is 29.8. The molecule has 0 aliphatic carbocycles. The number of ether oxygens (including phenoxy) is 2. The van der Waals surface area contributed by atoms with Crippen molar-refractivity contribution in [2.45, 2.75) is 69.6 Å². The molecule has 3 saturated heterocycles. The molecule has 2 unspecified atom stereocenters. The third-order valence-corrected chi connectivity index (χ3v) is 8.95. The fraction of sp³-hybridized carbons (Fsp3) is 0.594. The van der Waals surface area contributed by atoms with Crippen molar-refractivity contribution in [3.8, 4) is 5.75 Å². The minimum Gasteiger partial charge on any atom is -0.497 e. The molecule has 3 aliphatic rings. The summed E-state index contributed by atoms with van der Waals surface area (Å²) < 4.78 is 12.1. The van der Waals surface area contributed by atoms with E-state index in [0.717, 1.165) is 12.8 Å². The molecule has 1 aromatic carbocycles. The van der Waals surface area contributed by atoms with Crippen LogP contribution in [0, 0.1) is 11.8 Å². The van der Waals surface area contributed by atoms with Gasteiger partial charge in [-0.25, -0.2) is 0 Å². The van der Waals surface area contributed by atoms with Gasteiger partial charge in [-0.2, -0.15) is 0 Å². The Kier molecular flexibility index (Phi) is 9.59. The van der Waals surface area contributed by atoms with Crippen LogP contribution in [0.3, 0.4) is 0 Å². The van der Waals surface area contributed by atoms with Crippen LogP contribution in [0.5, 0.6) is 5.75 Å². The molecule has 9 heteroatoms. The predicted octanol–water partition coefficient (Wildman–Crippen LogP) is 3.57. The molecule has 2 bridgehead atoms. The second-order valence-electron chi connectivity index (χ2n) is 11.6. The number of rotatable bonds is 15. The molecule has 41 heavy (non-hydrogen) atoms. The molecule has 5 atom stereocenters. The Bertz CT molecular complexity index is 1140. The van der Waals surface area contributed by atoms with Crippen LogP contribution < -0.4 is 9.64 Å². The van der Waals surface area contributed by atoms with Gasteiger partial charge in [0.15, 0.2) is 0 Å². The first kappa shape index (κ1) is 30.8. The topological polar surface area (TPSA) is 99.6 Å². The minimum atomic E-state index is -1.10. The maximum Gasteiger partial charge on any atom is 0.253 e. The predicted molar refractivity (Wildman–Crippen MR) is 157 cm³/mol. The molecule has 3 amide bonds. The second-order valence-corrected chi connectivity index (χ2v) is 11.6. The maximum atomic E-state index is 14.6. The molecule has 0 radical (unpaired) electrons. The van der Waals surface area contributed by atoms with Gasteiger partial charge in [0.05, 0.1) is 24.5 Å². The van der Waals surface area contributed by atoms with Gasteiger partial charge in [0.2, 0.25) is 11.8 Å².